The second-order valence-corrected chi connectivity index (χ2v) is 8.73. The minimum Gasteiger partial charge on any atom is -0.493 e. The van der Waals surface area contributed by atoms with Crippen molar-refractivity contribution < 1.29 is 33.2 Å². The van der Waals surface area contributed by atoms with Gasteiger partial charge in [-0.2, -0.15) is 0 Å². The molecule has 3 aliphatic carbocycles. The van der Waals surface area contributed by atoms with Gasteiger partial charge in [0.2, 0.25) is 5.75 Å². The number of fused-ring (bicyclic) bond motifs is 2. The fourth-order valence-electron chi connectivity index (χ4n) is 6.42. The standard InChI is InChI=1S/C23H26O7/c1-25-15-10-12-6-4-7-22-14(16(12)19(27-3)18(15)26-2)11-13(21(24)30-22)17-20(22)23(17)28-8-5-9-29-23/h10-11,13,17,20H,4-9H2,1-3H3/t13-,17-,20-,22+/m0/s1. The summed E-state index contributed by atoms with van der Waals surface area (Å²) in [5.41, 5.74) is 2.33. The SMILES string of the molecule is COc1cc2c(c(OC)c1OC)C1=C[C@@H]3C(=O)O[C@@]1(CCC2)[C@@H]1[C@H]3C12OCCCO2. The van der Waals surface area contributed by atoms with Crippen molar-refractivity contribution in [2.24, 2.45) is 17.8 Å². The van der Waals surface area contributed by atoms with Gasteiger partial charge in [-0.25, -0.2) is 0 Å². The molecule has 2 saturated heterocycles. The molecule has 0 aromatic heterocycles. The van der Waals surface area contributed by atoms with Gasteiger partial charge in [-0.1, -0.05) is 6.08 Å². The van der Waals surface area contributed by atoms with Gasteiger partial charge in [0.05, 0.1) is 46.4 Å². The van der Waals surface area contributed by atoms with Crippen LogP contribution in [0.4, 0.5) is 0 Å². The van der Waals surface area contributed by atoms with E-state index in [1.807, 2.05) is 6.07 Å². The van der Waals surface area contributed by atoms with Crippen LogP contribution in [0.2, 0.25) is 0 Å². The largest absolute Gasteiger partial charge is 0.493 e. The lowest BCUT2D eigenvalue weighted by molar-refractivity contribution is -0.224. The van der Waals surface area contributed by atoms with Crippen molar-refractivity contribution in [3.05, 3.63) is 23.3 Å². The molecule has 3 fully saturated rings. The maximum absolute atomic E-state index is 12.9. The Kier molecular flexibility index (Phi) is 3.79. The number of hydrogen-bond acceptors (Lipinski definition) is 7. The molecule has 2 bridgehead atoms. The smallest absolute Gasteiger partial charge is 0.314 e. The molecular weight excluding hydrogens is 388 g/mol. The number of aryl methyl sites for hydroxylation is 1. The number of esters is 1. The molecule has 0 amide bonds. The van der Waals surface area contributed by atoms with Crippen molar-refractivity contribution in [1.29, 1.82) is 0 Å². The molecule has 160 valence electrons. The molecule has 0 radical (unpaired) electrons. The Balaban J connectivity index is 1.57. The van der Waals surface area contributed by atoms with Crippen LogP contribution in [-0.4, -0.2) is 51.9 Å². The minimum atomic E-state index is -0.758. The predicted octanol–water partition coefficient (Wildman–Crippen LogP) is 2.74. The van der Waals surface area contributed by atoms with Gasteiger partial charge in [-0.15, -0.1) is 0 Å². The molecule has 1 saturated carbocycles. The highest BCUT2D eigenvalue weighted by molar-refractivity contribution is 5.93. The minimum absolute atomic E-state index is 0.0109. The average molecular weight is 414 g/mol. The second-order valence-electron chi connectivity index (χ2n) is 8.73. The number of benzene rings is 1. The summed E-state index contributed by atoms with van der Waals surface area (Å²) in [6, 6.07) is 2.02. The fourth-order valence-corrected chi connectivity index (χ4v) is 6.42. The Labute approximate surface area is 175 Å². The molecule has 7 nitrogen and oxygen atoms in total. The predicted molar refractivity (Wildman–Crippen MR) is 106 cm³/mol. The van der Waals surface area contributed by atoms with Crippen molar-refractivity contribution in [3.8, 4) is 17.2 Å². The van der Waals surface area contributed by atoms with Gasteiger partial charge in [0, 0.05) is 17.1 Å². The third-order valence-corrected chi connectivity index (χ3v) is 7.51. The molecule has 0 N–H and O–H groups in total. The first kappa shape index (κ1) is 18.5. The molecule has 2 spiro atoms. The lowest BCUT2D eigenvalue weighted by Gasteiger charge is -2.44. The Morgan fingerprint density at radius 3 is 2.50 bits per heavy atom. The van der Waals surface area contributed by atoms with Crippen molar-refractivity contribution >= 4 is 11.5 Å². The molecule has 0 unspecified atom stereocenters. The van der Waals surface area contributed by atoms with E-state index in [0.717, 1.165) is 42.4 Å². The molecular formula is C23H26O7. The van der Waals surface area contributed by atoms with Crippen molar-refractivity contribution in [1.82, 2.24) is 0 Å². The zero-order valence-corrected chi connectivity index (χ0v) is 17.5. The van der Waals surface area contributed by atoms with Crippen LogP contribution in [0.5, 0.6) is 17.2 Å². The summed E-state index contributed by atoms with van der Waals surface area (Å²) >= 11 is 0. The molecule has 7 rings (SSSR count). The zero-order valence-electron chi connectivity index (χ0n) is 17.5. The van der Waals surface area contributed by atoms with Crippen molar-refractivity contribution in [2.45, 2.75) is 37.1 Å². The van der Waals surface area contributed by atoms with Gasteiger partial charge in [-0.05, 0) is 37.3 Å². The van der Waals surface area contributed by atoms with Crippen LogP contribution in [-0.2, 0) is 25.4 Å². The number of methoxy groups -OCH3 is 3. The van der Waals surface area contributed by atoms with Crippen LogP contribution in [0.1, 0.15) is 30.4 Å². The molecule has 1 aromatic rings. The van der Waals surface area contributed by atoms with Gasteiger partial charge >= 0.3 is 5.97 Å². The van der Waals surface area contributed by atoms with Gasteiger partial charge < -0.3 is 28.4 Å². The quantitative estimate of drug-likeness (QED) is 0.704. The Bertz CT molecular complexity index is 961. The molecule has 3 aliphatic heterocycles. The van der Waals surface area contributed by atoms with E-state index in [9.17, 15) is 4.79 Å². The Hall–Kier alpha value is -2.25. The summed E-state index contributed by atoms with van der Waals surface area (Å²) in [6.45, 7) is 1.31. The fraction of sp³-hybridized carbons (Fsp3) is 0.609. The molecule has 30 heavy (non-hydrogen) atoms. The summed E-state index contributed by atoms with van der Waals surface area (Å²) < 4.78 is 35.7. The molecule has 4 atom stereocenters. The highest BCUT2D eigenvalue weighted by Gasteiger charge is 2.84. The highest BCUT2D eigenvalue weighted by atomic mass is 16.7. The lowest BCUT2D eigenvalue weighted by Crippen LogP contribution is -2.49. The van der Waals surface area contributed by atoms with Crippen LogP contribution >= 0.6 is 0 Å². The van der Waals surface area contributed by atoms with E-state index in [-0.39, 0.29) is 23.7 Å². The number of hydrogen-bond donors (Lipinski definition) is 0. The van der Waals surface area contributed by atoms with Gasteiger partial charge in [-0.3, -0.25) is 4.79 Å². The first-order valence-electron chi connectivity index (χ1n) is 10.7. The third-order valence-electron chi connectivity index (χ3n) is 7.51. The topological polar surface area (TPSA) is 72.5 Å². The first-order chi connectivity index (χ1) is 14.6. The van der Waals surface area contributed by atoms with Crippen molar-refractivity contribution in [2.75, 3.05) is 34.5 Å². The highest BCUT2D eigenvalue weighted by Crippen LogP contribution is 2.74. The molecule has 7 heteroatoms. The Morgan fingerprint density at radius 2 is 1.80 bits per heavy atom. The normalized spacial score (nSPS) is 34.7. The van der Waals surface area contributed by atoms with E-state index in [1.165, 1.54) is 0 Å². The van der Waals surface area contributed by atoms with Crippen LogP contribution < -0.4 is 14.2 Å². The maximum Gasteiger partial charge on any atom is 0.314 e. The van der Waals surface area contributed by atoms with E-state index in [4.69, 9.17) is 28.4 Å². The summed E-state index contributed by atoms with van der Waals surface area (Å²) in [5, 5.41) is 0. The third kappa shape index (κ3) is 2.05. The van der Waals surface area contributed by atoms with Crippen LogP contribution in [0.15, 0.2) is 12.1 Å². The average Bonchev–Trinajstić information content (AvgIpc) is 3.45. The second kappa shape index (κ2) is 6.14. The van der Waals surface area contributed by atoms with E-state index in [0.29, 0.717) is 30.5 Å². The summed E-state index contributed by atoms with van der Waals surface area (Å²) in [6.07, 6.45) is 5.40. The number of rotatable bonds is 3. The van der Waals surface area contributed by atoms with E-state index < -0.39 is 11.4 Å². The zero-order chi connectivity index (χ0) is 20.7. The monoisotopic (exact) mass is 414 g/mol. The molecule has 1 aromatic carbocycles. The van der Waals surface area contributed by atoms with Crippen molar-refractivity contribution in [3.63, 3.8) is 0 Å². The van der Waals surface area contributed by atoms with Gasteiger partial charge in [0.25, 0.3) is 0 Å². The first-order valence-corrected chi connectivity index (χ1v) is 10.7. The van der Waals surface area contributed by atoms with E-state index >= 15 is 0 Å². The Morgan fingerprint density at radius 1 is 1.03 bits per heavy atom. The molecule has 3 heterocycles. The van der Waals surface area contributed by atoms with Crippen LogP contribution in [0, 0.1) is 17.8 Å². The van der Waals surface area contributed by atoms with E-state index in [1.54, 1.807) is 21.3 Å². The number of carbonyl (C=O) groups is 1. The summed E-state index contributed by atoms with van der Waals surface area (Å²) in [5.74, 6) is 0.610. The van der Waals surface area contributed by atoms with Crippen LogP contribution in [0.3, 0.4) is 0 Å². The molecule has 6 aliphatic rings. The summed E-state index contributed by atoms with van der Waals surface area (Å²) in [4.78, 5) is 12.9. The van der Waals surface area contributed by atoms with E-state index in [2.05, 4.69) is 6.08 Å². The summed E-state index contributed by atoms with van der Waals surface area (Å²) in [7, 11) is 4.87. The van der Waals surface area contributed by atoms with Crippen LogP contribution in [0.25, 0.3) is 5.57 Å². The number of carbonyl (C=O) groups excluding carboxylic acids is 1. The van der Waals surface area contributed by atoms with Gasteiger partial charge in [0.1, 0.15) is 5.60 Å². The number of ether oxygens (including phenoxy) is 6. The maximum atomic E-state index is 12.9. The van der Waals surface area contributed by atoms with Gasteiger partial charge in [0.15, 0.2) is 17.3 Å². The lowest BCUT2D eigenvalue weighted by atomic mass is 9.71.